The van der Waals surface area contributed by atoms with Crippen LogP contribution in [0.2, 0.25) is 0 Å². The molecule has 17 heavy (non-hydrogen) atoms. The summed E-state index contributed by atoms with van der Waals surface area (Å²) in [5.74, 6) is 0.137. The van der Waals surface area contributed by atoms with E-state index in [0.29, 0.717) is 0 Å². The molecule has 2 atom stereocenters. The van der Waals surface area contributed by atoms with Crippen molar-refractivity contribution in [2.45, 2.75) is 38.3 Å². The molecule has 1 fully saturated rings. The Hall–Kier alpha value is -1.35. The summed E-state index contributed by atoms with van der Waals surface area (Å²) >= 11 is 0. The van der Waals surface area contributed by atoms with Gasteiger partial charge in [-0.2, -0.15) is 0 Å². The van der Waals surface area contributed by atoms with Gasteiger partial charge in [0.05, 0.1) is 12.1 Å². The molecule has 1 unspecified atom stereocenters. The van der Waals surface area contributed by atoms with E-state index in [1.165, 1.54) is 5.56 Å². The highest BCUT2D eigenvalue weighted by atomic mass is 16.2. The van der Waals surface area contributed by atoms with E-state index in [4.69, 9.17) is 0 Å². The van der Waals surface area contributed by atoms with E-state index in [9.17, 15) is 4.79 Å². The minimum Gasteiger partial charge on any atom is -0.348 e. The van der Waals surface area contributed by atoms with Crippen molar-refractivity contribution in [1.82, 2.24) is 10.6 Å². The van der Waals surface area contributed by atoms with Crippen molar-refractivity contribution >= 4 is 5.91 Å². The summed E-state index contributed by atoms with van der Waals surface area (Å²) in [5.41, 5.74) is 1.18. The van der Waals surface area contributed by atoms with Crippen molar-refractivity contribution in [3.63, 3.8) is 0 Å². The first kappa shape index (κ1) is 12.1. The molecule has 1 saturated heterocycles. The molecule has 0 aromatic heterocycles. The van der Waals surface area contributed by atoms with Gasteiger partial charge in [0.25, 0.3) is 0 Å². The lowest BCUT2D eigenvalue weighted by Gasteiger charge is -2.20. The van der Waals surface area contributed by atoms with Crippen LogP contribution in [0.3, 0.4) is 0 Å². The number of amides is 1. The number of carbonyl (C=O) groups excluding carboxylic acids is 1. The maximum Gasteiger partial charge on any atom is 0.237 e. The first-order chi connectivity index (χ1) is 8.31. The van der Waals surface area contributed by atoms with Crippen LogP contribution in [0.4, 0.5) is 0 Å². The molecule has 1 aromatic carbocycles. The zero-order valence-electron chi connectivity index (χ0n) is 10.3. The second-order valence-electron chi connectivity index (χ2n) is 4.53. The van der Waals surface area contributed by atoms with Gasteiger partial charge < -0.3 is 10.6 Å². The highest BCUT2D eigenvalue weighted by Crippen LogP contribution is 2.16. The number of hydrogen-bond acceptors (Lipinski definition) is 2. The molecule has 1 aliphatic rings. The van der Waals surface area contributed by atoms with Crippen molar-refractivity contribution in [3.8, 4) is 0 Å². The fourth-order valence-corrected chi connectivity index (χ4v) is 2.29. The summed E-state index contributed by atoms with van der Waals surface area (Å²) in [7, 11) is 0. The molecule has 0 bridgehead atoms. The highest BCUT2D eigenvalue weighted by molar-refractivity contribution is 5.82. The molecule has 92 valence electrons. The third-order valence-electron chi connectivity index (χ3n) is 3.30. The van der Waals surface area contributed by atoms with Crippen LogP contribution in [0, 0.1) is 0 Å². The number of nitrogens with one attached hydrogen (secondary N) is 2. The normalized spacial score (nSPS) is 21.1. The van der Waals surface area contributed by atoms with Gasteiger partial charge in [-0.1, -0.05) is 37.3 Å². The lowest BCUT2D eigenvalue weighted by molar-refractivity contribution is -0.123. The molecule has 1 amide bonds. The van der Waals surface area contributed by atoms with Gasteiger partial charge in [0.2, 0.25) is 5.91 Å². The van der Waals surface area contributed by atoms with Gasteiger partial charge in [-0.3, -0.25) is 4.79 Å². The summed E-state index contributed by atoms with van der Waals surface area (Å²) in [6.45, 7) is 3.06. The molecule has 3 heteroatoms. The molecule has 3 nitrogen and oxygen atoms in total. The van der Waals surface area contributed by atoms with Crippen LogP contribution in [0.5, 0.6) is 0 Å². The van der Waals surface area contributed by atoms with E-state index in [2.05, 4.69) is 29.7 Å². The van der Waals surface area contributed by atoms with Crippen molar-refractivity contribution in [1.29, 1.82) is 0 Å². The summed E-state index contributed by atoms with van der Waals surface area (Å²) in [6, 6.07) is 10.3. The molecular formula is C14H20N2O. The zero-order chi connectivity index (χ0) is 12.1. The first-order valence-electron chi connectivity index (χ1n) is 6.40. The second-order valence-corrected chi connectivity index (χ2v) is 4.53. The molecule has 0 saturated carbocycles. The minimum absolute atomic E-state index is 0.00719. The summed E-state index contributed by atoms with van der Waals surface area (Å²) in [4.78, 5) is 12.0. The second kappa shape index (κ2) is 5.82. The average molecular weight is 232 g/mol. The van der Waals surface area contributed by atoms with E-state index in [-0.39, 0.29) is 18.0 Å². The molecule has 2 rings (SSSR count). The largest absolute Gasteiger partial charge is 0.348 e. The predicted molar refractivity (Wildman–Crippen MR) is 68.6 cm³/mol. The average Bonchev–Trinajstić information content (AvgIpc) is 2.90. The molecule has 0 aliphatic carbocycles. The molecule has 2 N–H and O–H groups in total. The first-order valence-corrected chi connectivity index (χ1v) is 6.40. The van der Waals surface area contributed by atoms with Crippen molar-refractivity contribution in [3.05, 3.63) is 35.9 Å². The third-order valence-corrected chi connectivity index (χ3v) is 3.30. The van der Waals surface area contributed by atoms with E-state index in [1.54, 1.807) is 0 Å². The minimum atomic E-state index is 0.00719. The predicted octanol–water partition coefficient (Wildman–Crippen LogP) is 2.01. The standard InChI is InChI=1S/C14H20N2O/c1-2-12(11-7-4-3-5-8-11)16-14(17)13-9-6-10-15-13/h3-5,7-8,12-13,15H,2,6,9-10H2,1H3,(H,16,17)/t12?,13-/m0/s1. The number of hydrogen-bond donors (Lipinski definition) is 2. The van der Waals surface area contributed by atoms with E-state index in [1.807, 2.05) is 18.2 Å². The quantitative estimate of drug-likeness (QED) is 0.833. The Morgan fingerprint density at radius 3 is 2.82 bits per heavy atom. The van der Waals surface area contributed by atoms with Crippen LogP contribution in [-0.2, 0) is 4.79 Å². The van der Waals surface area contributed by atoms with Gasteiger partial charge >= 0.3 is 0 Å². The number of rotatable bonds is 4. The molecule has 0 radical (unpaired) electrons. The van der Waals surface area contributed by atoms with Crippen LogP contribution in [0.25, 0.3) is 0 Å². The Morgan fingerprint density at radius 1 is 1.47 bits per heavy atom. The maximum atomic E-state index is 12.0. The van der Waals surface area contributed by atoms with Gasteiger partial charge in [0.1, 0.15) is 0 Å². The maximum absolute atomic E-state index is 12.0. The highest BCUT2D eigenvalue weighted by Gasteiger charge is 2.23. The molecule has 1 aliphatic heterocycles. The Bertz CT molecular complexity index is 358. The van der Waals surface area contributed by atoms with Crippen LogP contribution in [0.1, 0.15) is 37.8 Å². The van der Waals surface area contributed by atoms with E-state index < -0.39 is 0 Å². The van der Waals surface area contributed by atoms with Gasteiger partial charge in [0, 0.05) is 0 Å². The molecule has 0 spiro atoms. The van der Waals surface area contributed by atoms with Gasteiger partial charge in [-0.15, -0.1) is 0 Å². The van der Waals surface area contributed by atoms with Crippen LogP contribution in [0.15, 0.2) is 30.3 Å². The van der Waals surface area contributed by atoms with Gasteiger partial charge in [0.15, 0.2) is 0 Å². The van der Waals surface area contributed by atoms with Crippen LogP contribution in [-0.4, -0.2) is 18.5 Å². The van der Waals surface area contributed by atoms with Crippen LogP contribution < -0.4 is 10.6 Å². The van der Waals surface area contributed by atoms with Gasteiger partial charge in [-0.05, 0) is 31.4 Å². The third kappa shape index (κ3) is 3.07. The summed E-state index contributed by atoms with van der Waals surface area (Å²) < 4.78 is 0. The molecule has 1 aromatic rings. The molecular weight excluding hydrogens is 212 g/mol. The van der Waals surface area contributed by atoms with Crippen molar-refractivity contribution in [2.24, 2.45) is 0 Å². The fourth-order valence-electron chi connectivity index (χ4n) is 2.29. The lowest BCUT2D eigenvalue weighted by atomic mass is 10.0. The smallest absolute Gasteiger partial charge is 0.237 e. The molecule has 1 heterocycles. The van der Waals surface area contributed by atoms with E-state index in [0.717, 1.165) is 25.8 Å². The van der Waals surface area contributed by atoms with E-state index >= 15 is 0 Å². The Kier molecular flexibility index (Phi) is 4.15. The number of benzene rings is 1. The van der Waals surface area contributed by atoms with Crippen molar-refractivity contribution < 1.29 is 4.79 Å². The topological polar surface area (TPSA) is 41.1 Å². The van der Waals surface area contributed by atoms with Crippen LogP contribution >= 0.6 is 0 Å². The zero-order valence-corrected chi connectivity index (χ0v) is 10.3. The SMILES string of the molecule is CCC(NC(=O)[C@@H]1CCCN1)c1ccccc1. The lowest BCUT2D eigenvalue weighted by Crippen LogP contribution is -2.41. The monoisotopic (exact) mass is 232 g/mol. The van der Waals surface area contributed by atoms with Gasteiger partial charge in [-0.25, -0.2) is 0 Å². The summed E-state index contributed by atoms with van der Waals surface area (Å²) in [6.07, 6.45) is 2.97. The Labute approximate surface area is 103 Å². The number of carbonyl (C=O) groups is 1. The van der Waals surface area contributed by atoms with Crippen molar-refractivity contribution in [2.75, 3.05) is 6.54 Å². The Balaban J connectivity index is 1.97. The fraction of sp³-hybridized carbons (Fsp3) is 0.500. The summed E-state index contributed by atoms with van der Waals surface area (Å²) in [5, 5.41) is 6.35. The Morgan fingerprint density at radius 2 is 2.24 bits per heavy atom.